The van der Waals surface area contributed by atoms with Gasteiger partial charge in [0.2, 0.25) is 35.4 Å². The molecule has 2 heterocycles. The van der Waals surface area contributed by atoms with Crippen molar-refractivity contribution in [3.05, 3.63) is 71.9 Å². The Morgan fingerprint density at radius 3 is 1.95 bits per heavy atom. The number of fused-ring (bicyclic) bond motifs is 1. The van der Waals surface area contributed by atoms with Gasteiger partial charge in [0.25, 0.3) is 0 Å². The van der Waals surface area contributed by atoms with Crippen LogP contribution in [0, 0.1) is 11.8 Å². The van der Waals surface area contributed by atoms with Crippen LogP contribution in [0.4, 0.5) is 0 Å². The molecule has 17 nitrogen and oxygen atoms in total. The number of aliphatic hydroxyl groups excluding tert-OH is 1. The SMILES string of the molecule is CC(C)C[C@H](NC(=O)[C@H](Cc1c[nH]c2ccccc12)NC(=O)[C@H](Cc1ccccc1)NC(=O)[C@@H]1CCCN1)C(=O)N[C@@H](CO)C(=O)N[C@H](C(=O)NCC(=O)O)C(C)C. The number of hydrogen-bond donors (Lipinski definition) is 10. The van der Waals surface area contributed by atoms with Gasteiger partial charge in [0, 0.05) is 29.9 Å². The third kappa shape index (κ3) is 13.1. The van der Waals surface area contributed by atoms with E-state index in [1.807, 2.05) is 68.4 Å². The molecule has 314 valence electrons. The van der Waals surface area contributed by atoms with Gasteiger partial charge in [-0.1, -0.05) is 76.2 Å². The zero-order valence-electron chi connectivity index (χ0n) is 33.3. The van der Waals surface area contributed by atoms with Crippen LogP contribution in [0.2, 0.25) is 0 Å². The van der Waals surface area contributed by atoms with Gasteiger partial charge in [-0.05, 0) is 54.8 Å². The maximum absolute atomic E-state index is 14.3. The van der Waals surface area contributed by atoms with Crippen molar-refractivity contribution in [1.29, 1.82) is 0 Å². The highest BCUT2D eigenvalue weighted by Crippen LogP contribution is 2.20. The molecule has 17 heteroatoms. The number of benzene rings is 2. The number of carboxylic acids is 1. The smallest absolute Gasteiger partial charge is 0.322 e. The van der Waals surface area contributed by atoms with Crippen molar-refractivity contribution in [3.63, 3.8) is 0 Å². The monoisotopic (exact) mass is 804 g/mol. The number of aromatic nitrogens is 1. The second-order valence-electron chi connectivity index (χ2n) is 15.3. The minimum Gasteiger partial charge on any atom is -0.480 e. The van der Waals surface area contributed by atoms with Gasteiger partial charge < -0.3 is 52.4 Å². The van der Waals surface area contributed by atoms with Crippen molar-refractivity contribution in [2.75, 3.05) is 19.7 Å². The van der Waals surface area contributed by atoms with E-state index >= 15 is 0 Å². The first-order chi connectivity index (χ1) is 27.7. The Morgan fingerprint density at radius 1 is 0.724 bits per heavy atom. The molecule has 6 atom stereocenters. The Labute approximate surface area is 337 Å². The Kier molecular flexibility index (Phi) is 16.8. The Balaban J connectivity index is 1.57. The van der Waals surface area contributed by atoms with E-state index in [1.54, 1.807) is 20.0 Å². The van der Waals surface area contributed by atoms with E-state index in [4.69, 9.17) is 5.11 Å². The predicted molar refractivity (Wildman–Crippen MR) is 215 cm³/mol. The molecule has 2 aromatic carbocycles. The molecule has 0 bridgehead atoms. The van der Waals surface area contributed by atoms with E-state index < -0.39 is 90.8 Å². The zero-order valence-corrected chi connectivity index (χ0v) is 33.3. The molecular weight excluding hydrogens is 748 g/mol. The van der Waals surface area contributed by atoms with Crippen LogP contribution < -0.4 is 37.2 Å². The quantitative estimate of drug-likeness (QED) is 0.0691. The van der Waals surface area contributed by atoms with Gasteiger partial charge in [-0.25, -0.2) is 0 Å². The number of carbonyl (C=O) groups excluding carboxylic acids is 6. The fourth-order valence-electron chi connectivity index (χ4n) is 6.74. The second kappa shape index (κ2) is 21.6. The van der Waals surface area contributed by atoms with Gasteiger partial charge in [0.15, 0.2) is 0 Å². The van der Waals surface area contributed by atoms with E-state index in [-0.39, 0.29) is 31.1 Å². The van der Waals surface area contributed by atoms with Crippen LogP contribution in [0.15, 0.2) is 60.8 Å². The number of nitrogens with one attached hydrogen (secondary N) is 8. The maximum Gasteiger partial charge on any atom is 0.322 e. The number of aliphatic hydroxyl groups is 1. The summed E-state index contributed by atoms with van der Waals surface area (Å²) in [4.78, 5) is 95.6. The molecule has 0 aliphatic carbocycles. The Hall–Kier alpha value is -5.81. The van der Waals surface area contributed by atoms with Crippen molar-refractivity contribution >= 4 is 52.3 Å². The molecule has 1 aliphatic heterocycles. The van der Waals surface area contributed by atoms with E-state index in [2.05, 4.69) is 42.2 Å². The lowest BCUT2D eigenvalue weighted by Crippen LogP contribution is -2.61. The Bertz CT molecular complexity index is 1890. The van der Waals surface area contributed by atoms with Crippen LogP contribution >= 0.6 is 0 Å². The molecule has 0 unspecified atom stereocenters. The number of aliphatic carboxylic acids is 1. The van der Waals surface area contributed by atoms with Crippen molar-refractivity contribution in [1.82, 2.24) is 42.2 Å². The highest BCUT2D eigenvalue weighted by atomic mass is 16.4. The lowest BCUT2D eigenvalue weighted by Gasteiger charge is -2.28. The minimum absolute atomic E-state index is 0.00991. The third-order valence-corrected chi connectivity index (χ3v) is 9.84. The first-order valence-electron chi connectivity index (χ1n) is 19.6. The normalized spacial score (nSPS) is 16.4. The number of amides is 6. The molecule has 58 heavy (non-hydrogen) atoms. The molecule has 1 fully saturated rings. The summed E-state index contributed by atoms with van der Waals surface area (Å²) < 4.78 is 0. The van der Waals surface area contributed by atoms with Crippen LogP contribution in [0.1, 0.15) is 58.1 Å². The summed E-state index contributed by atoms with van der Waals surface area (Å²) in [5.41, 5.74) is 2.31. The molecule has 0 radical (unpaired) electrons. The van der Waals surface area contributed by atoms with E-state index in [0.717, 1.165) is 22.9 Å². The molecular formula is C41H56N8O9. The summed E-state index contributed by atoms with van der Waals surface area (Å²) in [5, 5.41) is 38.7. The van der Waals surface area contributed by atoms with E-state index in [9.17, 15) is 38.7 Å². The fourth-order valence-corrected chi connectivity index (χ4v) is 6.74. The first-order valence-corrected chi connectivity index (χ1v) is 19.6. The van der Waals surface area contributed by atoms with Crippen molar-refractivity contribution in [2.45, 2.75) is 96.1 Å². The number of para-hydroxylation sites is 1. The van der Waals surface area contributed by atoms with Crippen LogP contribution in [-0.2, 0) is 46.4 Å². The van der Waals surface area contributed by atoms with E-state index in [0.29, 0.717) is 18.5 Å². The van der Waals surface area contributed by atoms with Gasteiger partial charge in [0.05, 0.1) is 12.6 Å². The zero-order chi connectivity index (χ0) is 42.4. The highest BCUT2D eigenvalue weighted by molar-refractivity contribution is 5.97. The molecule has 4 rings (SSSR count). The number of hydrogen-bond acceptors (Lipinski definition) is 9. The van der Waals surface area contributed by atoms with Crippen LogP contribution in [0.3, 0.4) is 0 Å². The number of rotatable bonds is 21. The number of H-pyrrole nitrogens is 1. The topological polar surface area (TPSA) is 260 Å². The van der Waals surface area contributed by atoms with Crippen LogP contribution in [0.5, 0.6) is 0 Å². The third-order valence-electron chi connectivity index (χ3n) is 9.84. The van der Waals surface area contributed by atoms with E-state index in [1.165, 1.54) is 0 Å². The molecule has 1 aliphatic rings. The summed E-state index contributed by atoms with van der Waals surface area (Å²) >= 11 is 0. The largest absolute Gasteiger partial charge is 0.480 e. The maximum atomic E-state index is 14.3. The molecule has 0 spiro atoms. The molecule has 1 saturated heterocycles. The van der Waals surface area contributed by atoms with Gasteiger partial charge in [-0.2, -0.15) is 0 Å². The summed E-state index contributed by atoms with van der Waals surface area (Å²) in [6.07, 6.45) is 3.44. The van der Waals surface area contributed by atoms with Gasteiger partial charge in [-0.15, -0.1) is 0 Å². The van der Waals surface area contributed by atoms with Gasteiger partial charge >= 0.3 is 5.97 Å². The van der Waals surface area contributed by atoms with Crippen LogP contribution in [0.25, 0.3) is 10.9 Å². The number of aromatic amines is 1. The predicted octanol–water partition coefficient (Wildman–Crippen LogP) is 0.0243. The first kappa shape index (κ1) is 44.9. The number of carbonyl (C=O) groups is 7. The van der Waals surface area contributed by atoms with Crippen molar-refractivity contribution in [2.24, 2.45) is 11.8 Å². The van der Waals surface area contributed by atoms with Gasteiger partial charge in [0.1, 0.15) is 36.8 Å². The number of carboxylic acid groups (broad SMARTS) is 1. The average Bonchev–Trinajstić information content (AvgIpc) is 3.88. The molecule has 6 amide bonds. The second-order valence-corrected chi connectivity index (χ2v) is 15.3. The summed E-state index contributed by atoms with van der Waals surface area (Å²) in [6, 6.07) is 9.93. The lowest BCUT2D eigenvalue weighted by molar-refractivity contribution is -0.139. The molecule has 1 aromatic heterocycles. The molecule has 0 saturated carbocycles. The fraction of sp³-hybridized carbons (Fsp3) is 0.488. The molecule has 10 N–H and O–H groups in total. The lowest BCUT2D eigenvalue weighted by atomic mass is 9.99. The summed E-state index contributed by atoms with van der Waals surface area (Å²) in [7, 11) is 0. The minimum atomic E-state index is -1.54. The van der Waals surface area contributed by atoms with Crippen molar-refractivity contribution in [3.8, 4) is 0 Å². The highest BCUT2D eigenvalue weighted by Gasteiger charge is 2.34. The summed E-state index contributed by atoms with van der Waals surface area (Å²) in [5.74, 6) is -6.01. The molecule has 3 aromatic rings. The Morgan fingerprint density at radius 2 is 1.33 bits per heavy atom. The van der Waals surface area contributed by atoms with Crippen LogP contribution in [-0.4, -0.2) is 113 Å². The van der Waals surface area contributed by atoms with Gasteiger partial charge in [-0.3, -0.25) is 33.6 Å². The van der Waals surface area contributed by atoms with Crippen molar-refractivity contribution < 1.29 is 43.8 Å². The average molecular weight is 805 g/mol. The summed E-state index contributed by atoms with van der Waals surface area (Å²) in [6.45, 7) is 6.06. The standard InChI is InChI=1S/C41H56N8O9/c1-23(2)17-30(37(54)48-33(22-50)40(57)49-35(24(3)4)41(58)44-21-34(51)52)45-39(56)32(19-26-20-43-28-14-9-8-13-27(26)28)47-38(55)31(18-25-11-6-5-7-12-25)46-36(53)29-15-10-16-42-29/h5-9,11-14,20,23-24,29-33,35,42-43,50H,10,15-19,21-22H2,1-4H3,(H,44,58)(H,45,56)(H,46,53)(H,47,55)(H,48,54)(H,49,57)(H,51,52)/t29-,30-,31-,32-,33-,35-/m0/s1.